The zero-order valence-electron chi connectivity index (χ0n) is 10.2. The fourth-order valence-electron chi connectivity index (χ4n) is 1.59. The summed E-state index contributed by atoms with van der Waals surface area (Å²) in [6.45, 7) is 1.56. The summed E-state index contributed by atoms with van der Waals surface area (Å²) >= 11 is 0. The van der Waals surface area contributed by atoms with Gasteiger partial charge in [-0.3, -0.25) is 19.5 Å². The highest BCUT2D eigenvalue weighted by molar-refractivity contribution is 5.72. The van der Waals surface area contributed by atoms with Crippen LogP contribution in [0.3, 0.4) is 0 Å². The van der Waals surface area contributed by atoms with Crippen LogP contribution in [0.25, 0.3) is 0 Å². The molecule has 6 heteroatoms. The van der Waals surface area contributed by atoms with E-state index in [0.717, 1.165) is 12.1 Å². The second-order valence-electron chi connectivity index (χ2n) is 3.91. The Hall–Kier alpha value is -1.95. The van der Waals surface area contributed by atoms with Crippen LogP contribution in [0.2, 0.25) is 0 Å². The number of rotatable bonds is 7. The lowest BCUT2D eigenvalue weighted by Crippen LogP contribution is -2.34. The average Bonchev–Trinajstić information content (AvgIpc) is 2.27. The van der Waals surface area contributed by atoms with Crippen molar-refractivity contribution in [1.29, 1.82) is 0 Å². The zero-order chi connectivity index (χ0) is 13.5. The van der Waals surface area contributed by atoms with Crippen molar-refractivity contribution in [2.24, 2.45) is 0 Å². The van der Waals surface area contributed by atoms with Gasteiger partial charge < -0.3 is 10.2 Å². The molecule has 0 unspecified atom stereocenters. The van der Waals surface area contributed by atoms with Crippen LogP contribution < -0.4 is 0 Å². The summed E-state index contributed by atoms with van der Waals surface area (Å²) in [4.78, 5) is 26.9. The quantitative estimate of drug-likeness (QED) is 0.739. The van der Waals surface area contributed by atoms with Gasteiger partial charge in [0.1, 0.15) is 0 Å². The molecule has 1 aromatic heterocycles. The molecule has 98 valence electrons. The third-order valence-electron chi connectivity index (χ3n) is 2.33. The Morgan fingerprint density at radius 2 is 1.72 bits per heavy atom. The Kier molecular flexibility index (Phi) is 5.26. The maximum absolute atomic E-state index is 10.6. The largest absolute Gasteiger partial charge is 0.480 e. The van der Waals surface area contributed by atoms with Gasteiger partial charge in [-0.25, -0.2) is 0 Å². The lowest BCUT2D eigenvalue weighted by atomic mass is 10.2. The molecule has 1 rings (SSSR count). The topological polar surface area (TPSA) is 90.7 Å². The molecule has 0 aliphatic heterocycles. The van der Waals surface area contributed by atoms with E-state index in [2.05, 4.69) is 4.98 Å². The van der Waals surface area contributed by atoms with Gasteiger partial charge in [-0.05, 0) is 18.6 Å². The molecule has 0 aromatic carbocycles. The number of pyridine rings is 1. The van der Waals surface area contributed by atoms with Gasteiger partial charge in [0.2, 0.25) is 0 Å². The van der Waals surface area contributed by atoms with Crippen LogP contribution >= 0.6 is 0 Å². The third kappa shape index (κ3) is 4.92. The van der Waals surface area contributed by atoms with Gasteiger partial charge in [-0.1, -0.05) is 13.0 Å². The fourth-order valence-corrected chi connectivity index (χ4v) is 1.59. The van der Waals surface area contributed by atoms with Gasteiger partial charge in [0, 0.05) is 12.2 Å². The predicted molar refractivity (Wildman–Crippen MR) is 64.2 cm³/mol. The molecule has 18 heavy (non-hydrogen) atoms. The minimum Gasteiger partial charge on any atom is -0.480 e. The van der Waals surface area contributed by atoms with E-state index in [0.29, 0.717) is 5.69 Å². The van der Waals surface area contributed by atoms with Crippen molar-refractivity contribution < 1.29 is 19.8 Å². The molecule has 6 nitrogen and oxygen atoms in total. The Morgan fingerprint density at radius 1 is 1.17 bits per heavy atom. The number of aliphatic carboxylic acids is 2. The molecule has 0 atom stereocenters. The monoisotopic (exact) mass is 252 g/mol. The Bertz CT molecular complexity index is 418. The molecule has 0 radical (unpaired) electrons. The summed E-state index contributed by atoms with van der Waals surface area (Å²) < 4.78 is 0. The summed E-state index contributed by atoms with van der Waals surface area (Å²) in [5.41, 5.74) is 1.58. The maximum Gasteiger partial charge on any atom is 0.317 e. The number of carboxylic acids is 2. The molecule has 0 spiro atoms. The fraction of sp³-hybridized carbons (Fsp3) is 0.417. The minimum atomic E-state index is -1.05. The second kappa shape index (κ2) is 6.70. The molecule has 2 N–H and O–H groups in total. The smallest absolute Gasteiger partial charge is 0.317 e. The third-order valence-corrected chi connectivity index (χ3v) is 2.33. The second-order valence-corrected chi connectivity index (χ2v) is 3.91. The summed E-state index contributed by atoms with van der Waals surface area (Å²) in [5, 5.41) is 17.4. The number of carboxylic acid groups (broad SMARTS) is 2. The summed E-state index contributed by atoms with van der Waals surface area (Å²) in [5.74, 6) is -2.11. The number of hydrogen-bond acceptors (Lipinski definition) is 4. The highest BCUT2D eigenvalue weighted by Crippen LogP contribution is 2.04. The van der Waals surface area contributed by atoms with Crippen LogP contribution in [-0.4, -0.2) is 45.1 Å². The normalized spacial score (nSPS) is 10.6. The van der Waals surface area contributed by atoms with E-state index in [4.69, 9.17) is 10.2 Å². The summed E-state index contributed by atoms with van der Waals surface area (Å²) in [6.07, 6.45) is 0.783. The van der Waals surface area contributed by atoms with E-state index >= 15 is 0 Å². The van der Waals surface area contributed by atoms with Crippen LogP contribution in [0.1, 0.15) is 18.3 Å². The van der Waals surface area contributed by atoms with Crippen LogP contribution in [0.4, 0.5) is 0 Å². The van der Waals surface area contributed by atoms with Crippen LogP contribution in [0, 0.1) is 0 Å². The van der Waals surface area contributed by atoms with Gasteiger partial charge in [-0.2, -0.15) is 0 Å². The van der Waals surface area contributed by atoms with Crippen molar-refractivity contribution in [1.82, 2.24) is 9.88 Å². The molecule has 0 aliphatic rings. The van der Waals surface area contributed by atoms with Crippen molar-refractivity contribution in [2.45, 2.75) is 19.9 Å². The summed E-state index contributed by atoms with van der Waals surface area (Å²) in [6, 6.07) is 5.47. The SMILES string of the molecule is CCc1cccc(CN(CC(=O)O)CC(=O)O)n1. The molecular weight excluding hydrogens is 236 g/mol. The highest BCUT2D eigenvalue weighted by Gasteiger charge is 2.14. The first-order chi connectivity index (χ1) is 8.51. The molecule has 0 aliphatic carbocycles. The molecule has 0 saturated heterocycles. The summed E-state index contributed by atoms with van der Waals surface area (Å²) in [7, 11) is 0. The number of nitrogens with zero attached hydrogens (tertiary/aromatic N) is 2. The molecule has 0 saturated carbocycles. The van der Waals surface area contributed by atoms with E-state index in [9.17, 15) is 9.59 Å². The van der Waals surface area contributed by atoms with E-state index in [1.54, 1.807) is 6.07 Å². The van der Waals surface area contributed by atoms with Crippen LogP contribution in [-0.2, 0) is 22.6 Å². The van der Waals surface area contributed by atoms with Crippen molar-refractivity contribution in [3.05, 3.63) is 29.6 Å². The van der Waals surface area contributed by atoms with E-state index in [1.165, 1.54) is 4.90 Å². The predicted octanol–water partition coefficient (Wildman–Crippen LogP) is 0.615. The number of carbonyl (C=O) groups is 2. The molecule has 1 aromatic rings. The van der Waals surface area contributed by atoms with Crippen molar-refractivity contribution in [2.75, 3.05) is 13.1 Å². The van der Waals surface area contributed by atoms with Crippen LogP contribution in [0.5, 0.6) is 0 Å². The first-order valence-electron chi connectivity index (χ1n) is 5.62. The minimum absolute atomic E-state index is 0.215. The number of hydrogen-bond donors (Lipinski definition) is 2. The Labute approximate surface area is 105 Å². The van der Waals surface area contributed by atoms with E-state index in [-0.39, 0.29) is 19.6 Å². The zero-order valence-corrected chi connectivity index (χ0v) is 10.2. The molecule has 0 fully saturated rings. The first-order valence-corrected chi connectivity index (χ1v) is 5.62. The van der Waals surface area contributed by atoms with Crippen LogP contribution in [0.15, 0.2) is 18.2 Å². The van der Waals surface area contributed by atoms with Gasteiger partial charge in [0.25, 0.3) is 0 Å². The standard InChI is InChI=1S/C12H16N2O4/c1-2-9-4-3-5-10(13-9)6-14(7-11(15)16)8-12(17)18/h3-5H,2,6-8H2,1H3,(H,15,16)(H,17,18). The molecular formula is C12H16N2O4. The lowest BCUT2D eigenvalue weighted by molar-refractivity contribution is -0.142. The lowest BCUT2D eigenvalue weighted by Gasteiger charge is -2.17. The van der Waals surface area contributed by atoms with Gasteiger partial charge in [0.05, 0.1) is 18.8 Å². The van der Waals surface area contributed by atoms with Gasteiger partial charge >= 0.3 is 11.9 Å². The first kappa shape index (κ1) is 14.1. The van der Waals surface area contributed by atoms with E-state index in [1.807, 2.05) is 19.1 Å². The van der Waals surface area contributed by atoms with E-state index < -0.39 is 11.9 Å². The van der Waals surface area contributed by atoms with Crippen molar-refractivity contribution >= 4 is 11.9 Å². The number of aryl methyl sites for hydroxylation is 1. The molecule has 1 heterocycles. The highest BCUT2D eigenvalue weighted by atomic mass is 16.4. The van der Waals surface area contributed by atoms with Crippen molar-refractivity contribution in [3.8, 4) is 0 Å². The molecule has 0 amide bonds. The van der Waals surface area contributed by atoms with Gasteiger partial charge in [0.15, 0.2) is 0 Å². The maximum atomic E-state index is 10.6. The Balaban J connectivity index is 2.74. The number of aromatic nitrogens is 1. The Morgan fingerprint density at radius 3 is 2.22 bits per heavy atom. The molecule has 0 bridgehead atoms. The average molecular weight is 252 g/mol. The van der Waals surface area contributed by atoms with Gasteiger partial charge in [-0.15, -0.1) is 0 Å². The van der Waals surface area contributed by atoms with Crippen molar-refractivity contribution in [3.63, 3.8) is 0 Å².